The average molecular weight is 287 g/mol. The zero-order chi connectivity index (χ0) is 15.0. The lowest BCUT2D eigenvalue weighted by Gasteiger charge is -2.24. The van der Waals surface area contributed by atoms with Crippen LogP contribution in [0.3, 0.4) is 0 Å². The maximum atomic E-state index is 12.2. The Morgan fingerprint density at radius 3 is 2.81 bits per heavy atom. The monoisotopic (exact) mass is 287 g/mol. The molecule has 0 aliphatic carbocycles. The molecular formula is C17H21NO3. The highest BCUT2D eigenvalue weighted by molar-refractivity contribution is 5.91. The van der Waals surface area contributed by atoms with Gasteiger partial charge in [-0.05, 0) is 56.0 Å². The molecule has 0 unspecified atom stereocenters. The summed E-state index contributed by atoms with van der Waals surface area (Å²) in [5, 5.41) is 0. The molecule has 0 saturated heterocycles. The molecule has 0 radical (unpaired) electrons. The van der Waals surface area contributed by atoms with E-state index in [1.165, 1.54) is 16.7 Å². The van der Waals surface area contributed by atoms with Crippen LogP contribution in [0.2, 0.25) is 0 Å². The number of amides is 1. The minimum Gasteiger partial charge on any atom is -0.443 e. The first-order valence-corrected chi connectivity index (χ1v) is 7.35. The van der Waals surface area contributed by atoms with E-state index >= 15 is 0 Å². The topological polar surface area (TPSA) is 38.8 Å². The molecule has 0 bridgehead atoms. The average Bonchev–Trinajstić information content (AvgIpc) is 3.05. The molecule has 2 aliphatic rings. The second kappa shape index (κ2) is 5.19. The standard InChI is InChI=1S/C17H21NO3/c1-17(2,3)21-16(19)18-8-6-13-10-12(4-5-15(13)18)14-7-9-20-11-14/h4-5,7,10H,6,8-9,11H2,1-3H3. The number of benzene rings is 1. The highest BCUT2D eigenvalue weighted by Gasteiger charge is 2.29. The Kier molecular flexibility index (Phi) is 3.49. The van der Waals surface area contributed by atoms with Crippen molar-refractivity contribution in [3.05, 3.63) is 35.4 Å². The van der Waals surface area contributed by atoms with Gasteiger partial charge in [-0.2, -0.15) is 0 Å². The van der Waals surface area contributed by atoms with Gasteiger partial charge in [0, 0.05) is 6.54 Å². The molecule has 4 nitrogen and oxygen atoms in total. The first-order chi connectivity index (χ1) is 9.94. The Balaban J connectivity index is 1.81. The molecule has 0 aromatic heterocycles. The Morgan fingerprint density at radius 2 is 2.14 bits per heavy atom. The maximum Gasteiger partial charge on any atom is 0.414 e. The Labute approximate surface area is 125 Å². The SMILES string of the molecule is CC(C)(C)OC(=O)N1CCc2cc(C3=CCOC3)ccc21. The second-order valence-corrected chi connectivity index (χ2v) is 6.47. The van der Waals surface area contributed by atoms with Crippen molar-refractivity contribution in [2.24, 2.45) is 0 Å². The van der Waals surface area contributed by atoms with Gasteiger partial charge in [-0.3, -0.25) is 4.90 Å². The van der Waals surface area contributed by atoms with Crippen LogP contribution in [0.1, 0.15) is 31.9 Å². The van der Waals surface area contributed by atoms with Gasteiger partial charge in [0.1, 0.15) is 5.60 Å². The molecule has 0 atom stereocenters. The molecular weight excluding hydrogens is 266 g/mol. The molecule has 2 heterocycles. The first kappa shape index (κ1) is 14.1. The van der Waals surface area contributed by atoms with Gasteiger partial charge in [0.25, 0.3) is 0 Å². The van der Waals surface area contributed by atoms with Crippen molar-refractivity contribution in [3.63, 3.8) is 0 Å². The predicted octanol–water partition coefficient (Wildman–Crippen LogP) is 3.40. The van der Waals surface area contributed by atoms with Gasteiger partial charge in [0.2, 0.25) is 0 Å². The minimum absolute atomic E-state index is 0.266. The van der Waals surface area contributed by atoms with Crippen LogP contribution in [0.25, 0.3) is 5.57 Å². The van der Waals surface area contributed by atoms with Gasteiger partial charge in [0.15, 0.2) is 0 Å². The van der Waals surface area contributed by atoms with Gasteiger partial charge in [-0.15, -0.1) is 0 Å². The third-order valence-corrected chi connectivity index (χ3v) is 3.66. The third-order valence-electron chi connectivity index (χ3n) is 3.66. The summed E-state index contributed by atoms with van der Waals surface area (Å²) >= 11 is 0. The molecule has 0 fully saturated rings. The van der Waals surface area contributed by atoms with E-state index in [0.29, 0.717) is 19.8 Å². The van der Waals surface area contributed by atoms with Gasteiger partial charge < -0.3 is 9.47 Å². The largest absolute Gasteiger partial charge is 0.443 e. The Bertz CT molecular complexity index is 599. The van der Waals surface area contributed by atoms with E-state index in [2.05, 4.69) is 18.2 Å². The maximum absolute atomic E-state index is 12.2. The number of hydrogen-bond acceptors (Lipinski definition) is 3. The molecule has 21 heavy (non-hydrogen) atoms. The van der Waals surface area contributed by atoms with E-state index in [4.69, 9.17) is 9.47 Å². The van der Waals surface area contributed by atoms with Crippen LogP contribution in [0, 0.1) is 0 Å². The van der Waals surface area contributed by atoms with E-state index in [1.54, 1.807) is 4.90 Å². The second-order valence-electron chi connectivity index (χ2n) is 6.47. The number of carbonyl (C=O) groups is 1. The summed E-state index contributed by atoms with van der Waals surface area (Å²) in [4.78, 5) is 14.0. The fourth-order valence-corrected chi connectivity index (χ4v) is 2.70. The van der Waals surface area contributed by atoms with Crippen molar-refractivity contribution in [2.45, 2.75) is 32.8 Å². The van der Waals surface area contributed by atoms with Crippen molar-refractivity contribution in [3.8, 4) is 0 Å². The molecule has 1 aromatic carbocycles. The smallest absolute Gasteiger partial charge is 0.414 e. The highest BCUT2D eigenvalue weighted by atomic mass is 16.6. The zero-order valence-electron chi connectivity index (χ0n) is 12.8. The summed E-state index contributed by atoms with van der Waals surface area (Å²) in [7, 11) is 0. The van der Waals surface area contributed by atoms with E-state index < -0.39 is 5.60 Å². The van der Waals surface area contributed by atoms with Crippen molar-refractivity contribution in [1.82, 2.24) is 0 Å². The molecule has 0 saturated carbocycles. The van der Waals surface area contributed by atoms with Crippen molar-refractivity contribution in [2.75, 3.05) is 24.7 Å². The number of ether oxygens (including phenoxy) is 2. The fourth-order valence-electron chi connectivity index (χ4n) is 2.70. The van der Waals surface area contributed by atoms with Crippen LogP contribution in [0.4, 0.5) is 10.5 Å². The number of nitrogens with zero attached hydrogens (tertiary/aromatic N) is 1. The van der Waals surface area contributed by atoms with Crippen LogP contribution in [-0.4, -0.2) is 31.5 Å². The molecule has 112 valence electrons. The van der Waals surface area contributed by atoms with Gasteiger partial charge in [-0.1, -0.05) is 12.1 Å². The van der Waals surface area contributed by atoms with E-state index in [0.717, 1.165) is 12.1 Å². The molecule has 0 spiro atoms. The van der Waals surface area contributed by atoms with Crippen molar-refractivity contribution >= 4 is 17.4 Å². The summed E-state index contributed by atoms with van der Waals surface area (Å²) in [5.74, 6) is 0. The minimum atomic E-state index is -0.466. The number of rotatable bonds is 1. The van der Waals surface area contributed by atoms with Crippen LogP contribution in [0.5, 0.6) is 0 Å². The zero-order valence-corrected chi connectivity index (χ0v) is 12.8. The highest BCUT2D eigenvalue weighted by Crippen LogP contribution is 2.32. The molecule has 4 heteroatoms. The summed E-state index contributed by atoms with van der Waals surface area (Å²) in [6, 6.07) is 6.24. The molecule has 1 amide bonds. The normalized spacial score (nSPS) is 17.7. The molecule has 1 aromatic rings. The third kappa shape index (κ3) is 2.95. The number of fused-ring (bicyclic) bond motifs is 1. The molecule has 3 rings (SSSR count). The lowest BCUT2D eigenvalue weighted by Crippen LogP contribution is -2.35. The Hall–Kier alpha value is -1.81. The van der Waals surface area contributed by atoms with Crippen LogP contribution >= 0.6 is 0 Å². The van der Waals surface area contributed by atoms with Gasteiger partial charge >= 0.3 is 6.09 Å². The van der Waals surface area contributed by atoms with Crippen molar-refractivity contribution < 1.29 is 14.3 Å². The summed E-state index contributed by atoms with van der Waals surface area (Å²) in [5.41, 5.74) is 4.12. The van der Waals surface area contributed by atoms with Crippen LogP contribution < -0.4 is 4.90 Å². The molecule has 2 aliphatic heterocycles. The number of carbonyl (C=O) groups excluding carboxylic acids is 1. The first-order valence-electron chi connectivity index (χ1n) is 7.35. The van der Waals surface area contributed by atoms with E-state index in [9.17, 15) is 4.79 Å². The van der Waals surface area contributed by atoms with Crippen LogP contribution in [-0.2, 0) is 15.9 Å². The van der Waals surface area contributed by atoms with E-state index in [1.807, 2.05) is 26.8 Å². The Morgan fingerprint density at radius 1 is 1.33 bits per heavy atom. The van der Waals surface area contributed by atoms with Crippen LogP contribution in [0.15, 0.2) is 24.3 Å². The lowest BCUT2D eigenvalue weighted by molar-refractivity contribution is 0.0584. The number of hydrogen-bond donors (Lipinski definition) is 0. The quantitative estimate of drug-likeness (QED) is 0.794. The fraction of sp³-hybridized carbons (Fsp3) is 0.471. The predicted molar refractivity (Wildman–Crippen MR) is 82.5 cm³/mol. The van der Waals surface area contributed by atoms with Gasteiger partial charge in [-0.25, -0.2) is 4.79 Å². The summed E-state index contributed by atoms with van der Waals surface area (Å²) in [6.07, 6.45) is 2.72. The number of anilines is 1. The summed E-state index contributed by atoms with van der Waals surface area (Å²) in [6.45, 7) is 7.71. The lowest BCUT2D eigenvalue weighted by atomic mass is 10.0. The van der Waals surface area contributed by atoms with Gasteiger partial charge in [0.05, 0.1) is 18.9 Å². The summed E-state index contributed by atoms with van der Waals surface area (Å²) < 4.78 is 10.8. The molecule has 0 N–H and O–H groups in total. The van der Waals surface area contributed by atoms with E-state index in [-0.39, 0.29) is 6.09 Å². The van der Waals surface area contributed by atoms with Crippen molar-refractivity contribution in [1.29, 1.82) is 0 Å².